The number of benzene rings is 2. The van der Waals surface area contributed by atoms with E-state index >= 15 is 0 Å². The van der Waals surface area contributed by atoms with Crippen molar-refractivity contribution in [2.45, 2.75) is 25.7 Å². The lowest BCUT2D eigenvalue weighted by molar-refractivity contribution is 0.103. The van der Waals surface area contributed by atoms with Crippen LogP contribution in [0.15, 0.2) is 60.7 Å². The van der Waals surface area contributed by atoms with Gasteiger partial charge in [-0.15, -0.1) is 11.3 Å². The molecule has 0 atom stereocenters. The number of amides is 1. The summed E-state index contributed by atoms with van der Waals surface area (Å²) in [5.41, 5.74) is 4.65. The zero-order valence-electron chi connectivity index (χ0n) is 13.4. The monoisotopic (exact) mass is 333 g/mol. The van der Waals surface area contributed by atoms with E-state index in [4.69, 9.17) is 0 Å². The number of carbonyl (C=O) groups excluding carboxylic acids is 1. The van der Waals surface area contributed by atoms with Crippen LogP contribution < -0.4 is 5.32 Å². The zero-order chi connectivity index (χ0) is 16.4. The molecule has 0 spiro atoms. The molecule has 0 saturated carbocycles. The molecule has 1 amide bonds. The number of hydrogen-bond donors (Lipinski definition) is 1. The van der Waals surface area contributed by atoms with Crippen LogP contribution in [0, 0.1) is 0 Å². The minimum Gasteiger partial charge on any atom is -0.321 e. The van der Waals surface area contributed by atoms with Gasteiger partial charge in [0.1, 0.15) is 0 Å². The summed E-state index contributed by atoms with van der Waals surface area (Å²) in [4.78, 5) is 14.8. The lowest BCUT2D eigenvalue weighted by Gasteiger charge is -2.10. The Kier molecular flexibility index (Phi) is 4.18. The number of rotatable bonds is 4. The van der Waals surface area contributed by atoms with Crippen LogP contribution in [0.5, 0.6) is 0 Å². The SMILES string of the molecule is O=C(Nc1ccccc1Cc1ccccc1)c1cc2c(s1)CCC2. The Morgan fingerprint density at radius 1 is 1.00 bits per heavy atom. The molecular weight excluding hydrogens is 314 g/mol. The maximum atomic E-state index is 12.6. The van der Waals surface area contributed by atoms with Gasteiger partial charge >= 0.3 is 0 Å². The minimum atomic E-state index is 0.00918. The Hall–Kier alpha value is -2.39. The van der Waals surface area contributed by atoms with Crippen LogP contribution in [0.25, 0.3) is 0 Å². The van der Waals surface area contributed by atoms with Crippen LogP contribution in [0.3, 0.4) is 0 Å². The van der Waals surface area contributed by atoms with Crippen LogP contribution in [-0.4, -0.2) is 5.91 Å². The highest BCUT2D eigenvalue weighted by Crippen LogP contribution is 2.31. The smallest absolute Gasteiger partial charge is 0.265 e. The Balaban J connectivity index is 1.54. The molecule has 1 N–H and O–H groups in total. The number of para-hydroxylation sites is 1. The van der Waals surface area contributed by atoms with E-state index in [1.54, 1.807) is 11.3 Å². The van der Waals surface area contributed by atoms with E-state index in [0.29, 0.717) is 0 Å². The molecule has 24 heavy (non-hydrogen) atoms. The molecule has 120 valence electrons. The highest BCUT2D eigenvalue weighted by Gasteiger charge is 2.19. The predicted octanol–water partition coefficient (Wildman–Crippen LogP) is 5.08. The molecule has 3 aromatic rings. The van der Waals surface area contributed by atoms with E-state index in [9.17, 15) is 4.79 Å². The van der Waals surface area contributed by atoms with Crippen molar-refractivity contribution in [3.63, 3.8) is 0 Å². The van der Waals surface area contributed by atoms with E-state index in [1.807, 2.05) is 36.4 Å². The van der Waals surface area contributed by atoms with Crippen molar-refractivity contribution in [1.82, 2.24) is 0 Å². The quantitative estimate of drug-likeness (QED) is 0.709. The van der Waals surface area contributed by atoms with E-state index in [1.165, 1.54) is 22.4 Å². The first-order valence-electron chi connectivity index (χ1n) is 8.34. The number of anilines is 1. The molecule has 0 aliphatic heterocycles. The predicted molar refractivity (Wildman–Crippen MR) is 100.0 cm³/mol. The standard InChI is InChI=1S/C21H19NOS/c23-21(20-14-17-10-6-12-19(17)24-20)22-18-11-5-4-9-16(18)13-15-7-2-1-3-8-15/h1-5,7-9,11,14H,6,10,12-13H2,(H,22,23). The first-order chi connectivity index (χ1) is 11.8. The van der Waals surface area contributed by atoms with Gasteiger partial charge in [0.2, 0.25) is 0 Å². The normalized spacial score (nSPS) is 12.8. The number of hydrogen-bond acceptors (Lipinski definition) is 2. The fourth-order valence-corrected chi connectivity index (χ4v) is 4.39. The summed E-state index contributed by atoms with van der Waals surface area (Å²) in [6.07, 6.45) is 4.28. The zero-order valence-corrected chi connectivity index (χ0v) is 14.2. The summed E-state index contributed by atoms with van der Waals surface area (Å²) < 4.78 is 0. The van der Waals surface area contributed by atoms with Gasteiger partial charge in [-0.2, -0.15) is 0 Å². The summed E-state index contributed by atoms with van der Waals surface area (Å²) in [5.74, 6) is 0.00918. The molecule has 1 aliphatic carbocycles. The lowest BCUT2D eigenvalue weighted by atomic mass is 10.0. The van der Waals surface area contributed by atoms with Gasteiger partial charge in [0.15, 0.2) is 0 Å². The van der Waals surface area contributed by atoms with Crippen LogP contribution in [0.2, 0.25) is 0 Å². The summed E-state index contributed by atoms with van der Waals surface area (Å²) in [6, 6.07) is 20.5. The number of nitrogens with one attached hydrogen (secondary N) is 1. The van der Waals surface area contributed by atoms with Crippen molar-refractivity contribution in [1.29, 1.82) is 0 Å². The van der Waals surface area contributed by atoms with Gasteiger partial charge in [0, 0.05) is 10.6 Å². The van der Waals surface area contributed by atoms with E-state index in [2.05, 4.69) is 29.6 Å². The van der Waals surface area contributed by atoms with Gasteiger partial charge in [0.25, 0.3) is 5.91 Å². The molecule has 0 fully saturated rings. The third-order valence-electron chi connectivity index (χ3n) is 4.47. The fourth-order valence-electron chi connectivity index (χ4n) is 3.24. The van der Waals surface area contributed by atoms with Crippen molar-refractivity contribution in [2.24, 2.45) is 0 Å². The van der Waals surface area contributed by atoms with Crippen LogP contribution in [-0.2, 0) is 19.3 Å². The van der Waals surface area contributed by atoms with E-state index in [0.717, 1.165) is 35.4 Å². The second kappa shape index (κ2) is 6.62. The Labute approximate surface area is 146 Å². The first kappa shape index (κ1) is 15.2. The third-order valence-corrected chi connectivity index (χ3v) is 5.71. The molecule has 2 nitrogen and oxygen atoms in total. The molecule has 1 heterocycles. The largest absolute Gasteiger partial charge is 0.321 e. The molecule has 3 heteroatoms. The Morgan fingerprint density at radius 3 is 2.62 bits per heavy atom. The van der Waals surface area contributed by atoms with Crippen molar-refractivity contribution < 1.29 is 4.79 Å². The number of carbonyl (C=O) groups is 1. The molecule has 1 aliphatic rings. The Morgan fingerprint density at radius 2 is 1.79 bits per heavy atom. The fraction of sp³-hybridized carbons (Fsp3) is 0.190. The van der Waals surface area contributed by atoms with Crippen LogP contribution >= 0.6 is 11.3 Å². The van der Waals surface area contributed by atoms with Crippen molar-refractivity contribution in [3.8, 4) is 0 Å². The second-order valence-corrected chi connectivity index (χ2v) is 7.32. The molecule has 0 unspecified atom stereocenters. The maximum Gasteiger partial charge on any atom is 0.265 e. The summed E-state index contributed by atoms with van der Waals surface area (Å²) in [6.45, 7) is 0. The van der Waals surface area contributed by atoms with Gasteiger partial charge in [-0.25, -0.2) is 0 Å². The van der Waals surface area contributed by atoms with Gasteiger partial charge < -0.3 is 5.32 Å². The summed E-state index contributed by atoms with van der Waals surface area (Å²) in [7, 11) is 0. The van der Waals surface area contributed by atoms with Gasteiger partial charge in [0.05, 0.1) is 4.88 Å². The topological polar surface area (TPSA) is 29.1 Å². The average Bonchev–Trinajstić information content (AvgIpc) is 3.19. The summed E-state index contributed by atoms with van der Waals surface area (Å²) in [5, 5.41) is 3.11. The molecule has 2 aromatic carbocycles. The number of aryl methyl sites for hydroxylation is 2. The van der Waals surface area contributed by atoms with E-state index in [-0.39, 0.29) is 5.91 Å². The first-order valence-corrected chi connectivity index (χ1v) is 9.16. The van der Waals surface area contributed by atoms with Crippen LogP contribution in [0.4, 0.5) is 5.69 Å². The van der Waals surface area contributed by atoms with Gasteiger partial charge in [-0.3, -0.25) is 4.79 Å². The van der Waals surface area contributed by atoms with Gasteiger partial charge in [-0.05, 0) is 54.5 Å². The molecular formula is C21H19NOS. The van der Waals surface area contributed by atoms with Crippen molar-refractivity contribution in [3.05, 3.63) is 87.1 Å². The van der Waals surface area contributed by atoms with Crippen molar-refractivity contribution >= 4 is 22.9 Å². The average molecular weight is 333 g/mol. The van der Waals surface area contributed by atoms with Crippen LogP contribution in [0.1, 0.15) is 37.7 Å². The summed E-state index contributed by atoms with van der Waals surface area (Å²) >= 11 is 1.65. The molecule has 0 bridgehead atoms. The highest BCUT2D eigenvalue weighted by atomic mass is 32.1. The van der Waals surface area contributed by atoms with Crippen molar-refractivity contribution in [2.75, 3.05) is 5.32 Å². The molecule has 0 radical (unpaired) electrons. The minimum absolute atomic E-state index is 0.00918. The van der Waals surface area contributed by atoms with Gasteiger partial charge in [-0.1, -0.05) is 48.5 Å². The third kappa shape index (κ3) is 3.13. The molecule has 1 aromatic heterocycles. The Bertz CT molecular complexity index is 845. The highest BCUT2D eigenvalue weighted by molar-refractivity contribution is 7.14. The number of thiophene rings is 1. The number of fused-ring (bicyclic) bond motifs is 1. The molecule has 4 rings (SSSR count). The molecule has 0 saturated heterocycles. The maximum absolute atomic E-state index is 12.6. The van der Waals surface area contributed by atoms with E-state index < -0.39 is 0 Å². The lowest BCUT2D eigenvalue weighted by Crippen LogP contribution is -2.12. The second-order valence-electron chi connectivity index (χ2n) is 6.19.